The average Bonchev–Trinajstić information content (AvgIpc) is 2.43. The third-order valence-corrected chi connectivity index (χ3v) is 3.63. The molecule has 2 atom stereocenters. The Bertz CT molecular complexity index is 463. The molecule has 0 aliphatic heterocycles. The van der Waals surface area contributed by atoms with Crippen molar-refractivity contribution >= 4 is 11.9 Å². The highest BCUT2D eigenvalue weighted by Gasteiger charge is 2.22. The Labute approximate surface area is 147 Å². The smallest absolute Gasteiger partial charge is 0.337 e. The molecule has 0 heterocycles. The van der Waals surface area contributed by atoms with Gasteiger partial charge in [-0.05, 0) is 34.4 Å². The average molecular weight is 343 g/mol. The van der Waals surface area contributed by atoms with Crippen LogP contribution in [0.2, 0.25) is 0 Å². The third-order valence-electron chi connectivity index (χ3n) is 3.63. The molecule has 140 valence electrons. The maximum atomic E-state index is 11.1. The summed E-state index contributed by atoms with van der Waals surface area (Å²) in [6.45, 7) is 10.8. The normalized spacial score (nSPS) is 14.3. The molecule has 0 fully saturated rings. The lowest BCUT2D eigenvalue weighted by atomic mass is 10.1. The van der Waals surface area contributed by atoms with Gasteiger partial charge in [0.2, 0.25) is 12.1 Å². The predicted octanol–water partition coefficient (Wildman–Crippen LogP) is 1.92. The Kier molecular flexibility index (Phi) is 11.3. The van der Waals surface area contributed by atoms with Gasteiger partial charge in [0.25, 0.3) is 0 Å². The van der Waals surface area contributed by atoms with Gasteiger partial charge in [-0.1, -0.05) is 19.6 Å². The summed E-state index contributed by atoms with van der Waals surface area (Å²) < 4.78 is 5.71. The van der Waals surface area contributed by atoms with E-state index in [4.69, 9.17) is 10.5 Å². The highest BCUT2D eigenvalue weighted by Crippen LogP contribution is 2.06. The van der Waals surface area contributed by atoms with E-state index in [1.807, 2.05) is 48.2 Å². The molecule has 0 spiro atoms. The van der Waals surface area contributed by atoms with Crippen molar-refractivity contribution < 1.29 is 18.8 Å². The van der Waals surface area contributed by atoms with E-state index in [2.05, 4.69) is 18.4 Å². The van der Waals surface area contributed by atoms with Crippen molar-refractivity contribution in [1.82, 2.24) is 4.90 Å². The van der Waals surface area contributed by atoms with Crippen LogP contribution in [0, 0.1) is 0 Å². The molecule has 0 aliphatic rings. The van der Waals surface area contributed by atoms with Gasteiger partial charge >= 0.3 is 5.97 Å². The monoisotopic (exact) mass is 342 g/mol. The van der Waals surface area contributed by atoms with Crippen molar-refractivity contribution in [2.24, 2.45) is 5.73 Å². The number of primary amides is 1. The van der Waals surface area contributed by atoms with Gasteiger partial charge in [0.15, 0.2) is 0 Å². The number of nitrogens with two attached hydrogens (primary N) is 1. The number of rotatable bonds is 7. The molecule has 0 saturated carbocycles. The summed E-state index contributed by atoms with van der Waals surface area (Å²) >= 11 is 0. The predicted molar refractivity (Wildman–Crippen MR) is 99.1 cm³/mol. The van der Waals surface area contributed by atoms with E-state index in [0.717, 1.165) is 6.42 Å². The van der Waals surface area contributed by atoms with E-state index < -0.39 is 0 Å². The molecule has 0 rings (SSSR count). The first kappa shape index (κ1) is 24.6. The summed E-state index contributed by atoms with van der Waals surface area (Å²) in [7, 11) is 9.88. The molecule has 2 unspecified atom stereocenters. The van der Waals surface area contributed by atoms with Crippen LogP contribution in [0.5, 0.6) is 0 Å². The number of hydrogen-bond acceptors (Lipinski definition) is 4. The summed E-state index contributed by atoms with van der Waals surface area (Å²) in [5, 5.41) is 0. The first-order valence-corrected chi connectivity index (χ1v) is 8.06. The van der Waals surface area contributed by atoms with Crippen LogP contribution >= 0.6 is 0 Å². The van der Waals surface area contributed by atoms with Crippen LogP contribution in [-0.2, 0) is 14.3 Å². The second kappa shape index (κ2) is 11.0. The molecule has 6 heteroatoms. The molecule has 0 aromatic carbocycles. The quantitative estimate of drug-likeness (QED) is 0.332. The van der Waals surface area contributed by atoms with Crippen LogP contribution in [0.25, 0.3) is 0 Å². The highest BCUT2D eigenvalue weighted by molar-refractivity contribution is 5.91. The molecular formula is C18H36N3O3+. The lowest BCUT2D eigenvalue weighted by molar-refractivity contribution is -0.914. The zero-order chi connectivity index (χ0) is 19.7. The molecular weight excluding hydrogens is 306 g/mol. The zero-order valence-electron chi connectivity index (χ0n) is 16.8. The van der Waals surface area contributed by atoms with Crippen molar-refractivity contribution in [2.45, 2.75) is 46.4 Å². The number of carbonyl (C=O) groups is 2. The number of nitrogens with zero attached hydrogens (tertiary/aromatic N) is 2. The van der Waals surface area contributed by atoms with Gasteiger partial charge in [-0.15, -0.1) is 0 Å². The third kappa shape index (κ3) is 11.0. The van der Waals surface area contributed by atoms with Crippen molar-refractivity contribution in [2.75, 3.05) is 35.2 Å². The van der Waals surface area contributed by atoms with Crippen LogP contribution < -0.4 is 5.73 Å². The van der Waals surface area contributed by atoms with Crippen molar-refractivity contribution in [3.8, 4) is 0 Å². The first-order chi connectivity index (χ1) is 10.7. The van der Waals surface area contributed by atoms with E-state index in [9.17, 15) is 9.59 Å². The summed E-state index contributed by atoms with van der Waals surface area (Å²) in [5.41, 5.74) is 6.19. The number of carbonyl (C=O) groups excluding carboxylic acids is 2. The highest BCUT2D eigenvalue weighted by atomic mass is 16.6. The van der Waals surface area contributed by atoms with Gasteiger partial charge in [-0.2, -0.15) is 0 Å². The maximum Gasteiger partial charge on any atom is 0.337 e. The molecule has 1 amide bonds. The number of quaternary nitrogens is 1. The molecule has 0 aliphatic carbocycles. The Morgan fingerprint density at radius 1 is 1.25 bits per heavy atom. The van der Waals surface area contributed by atoms with Crippen molar-refractivity contribution in [3.63, 3.8) is 0 Å². The molecule has 0 aromatic rings. The van der Waals surface area contributed by atoms with Gasteiger partial charge in [0.1, 0.15) is 0 Å². The van der Waals surface area contributed by atoms with Crippen LogP contribution in [0.3, 0.4) is 0 Å². The largest absolute Gasteiger partial charge is 0.409 e. The van der Waals surface area contributed by atoms with Gasteiger partial charge < -0.3 is 15.4 Å². The number of ether oxygens (including phenoxy) is 1. The fourth-order valence-corrected chi connectivity index (χ4v) is 1.42. The fourth-order valence-electron chi connectivity index (χ4n) is 1.42. The van der Waals surface area contributed by atoms with E-state index in [1.165, 1.54) is 0 Å². The zero-order valence-corrected chi connectivity index (χ0v) is 16.8. The van der Waals surface area contributed by atoms with Gasteiger partial charge in [-0.3, -0.25) is 9.28 Å². The maximum absolute atomic E-state index is 11.1. The van der Waals surface area contributed by atoms with Crippen molar-refractivity contribution in [3.05, 3.63) is 23.8 Å². The summed E-state index contributed by atoms with van der Waals surface area (Å²) in [5.74, 6) is -0.661. The minimum atomic E-state index is -0.338. The van der Waals surface area contributed by atoms with E-state index >= 15 is 0 Å². The second-order valence-electron chi connectivity index (χ2n) is 7.05. The SMILES string of the molecule is C=C(C)C(=O)OC(C)[N+](C)(C)C.CCC(C=C(C)C(N)=O)N(C)C. The fraction of sp³-hybridized carbons (Fsp3) is 0.667. The molecule has 2 N–H and O–H groups in total. The molecule has 0 aromatic heterocycles. The number of amides is 1. The van der Waals surface area contributed by atoms with Crippen LogP contribution in [0.1, 0.15) is 34.1 Å². The Morgan fingerprint density at radius 3 is 1.96 bits per heavy atom. The summed E-state index contributed by atoms with van der Waals surface area (Å²) in [4.78, 5) is 23.8. The summed E-state index contributed by atoms with van der Waals surface area (Å²) in [6, 6.07) is 0.303. The lowest BCUT2D eigenvalue weighted by Gasteiger charge is -2.30. The van der Waals surface area contributed by atoms with E-state index in [-0.39, 0.29) is 18.1 Å². The van der Waals surface area contributed by atoms with Crippen LogP contribution in [0.15, 0.2) is 23.8 Å². The molecule has 0 bridgehead atoms. The molecule has 6 nitrogen and oxygen atoms in total. The minimum absolute atomic E-state index is 0.144. The van der Waals surface area contributed by atoms with Gasteiger partial charge in [0.05, 0.1) is 21.1 Å². The Balaban J connectivity index is 0. The second-order valence-corrected chi connectivity index (χ2v) is 7.05. The number of hydrogen-bond donors (Lipinski definition) is 1. The van der Waals surface area contributed by atoms with Gasteiger partial charge in [-0.25, -0.2) is 4.79 Å². The van der Waals surface area contributed by atoms with Crippen molar-refractivity contribution in [1.29, 1.82) is 0 Å². The number of esters is 1. The molecule has 0 saturated heterocycles. The summed E-state index contributed by atoms with van der Waals surface area (Å²) in [6.07, 6.45) is 2.74. The molecule has 24 heavy (non-hydrogen) atoms. The van der Waals surface area contributed by atoms with E-state index in [1.54, 1.807) is 13.8 Å². The molecule has 0 radical (unpaired) electrons. The number of likely N-dealkylation sites (N-methyl/N-ethyl adjacent to an activating group) is 1. The van der Waals surface area contributed by atoms with Crippen LogP contribution in [-0.4, -0.2) is 68.8 Å². The van der Waals surface area contributed by atoms with Crippen LogP contribution in [0.4, 0.5) is 0 Å². The Hall–Kier alpha value is -1.66. The standard InChI is InChI=1S/C9H18N2O.C9H18NO2/c1-5-8(11(3)4)6-7(2)9(10)12;1-7(2)9(11)12-8(3)10(4,5)6/h6,8H,5H2,1-4H3,(H2,10,12);8H,1H2,2-6H3/q;+1. The first-order valence-electron chi connectivity index (χ1n) is 8.06. The van der Waals surface area contributed by atoms with E-state index in [0.29, 0.717) is 21.7 Å². The minimum Gasteiger partial charge on any atom is -0.409 e. The Morgan fingerprint density at radius 2 is 1.71 bits per heavy atom. The lowest BCUT2D eigenvalue weighted by Crippen LogP contribution is -2.45. The van der Waals surface area contributed by atoms with Gasteiger partial charge in [0, 0.05) is 24.1 Å². The topological polar surface area (TPSA) is 72.6 Å².